The Balaban J connectivity index is 1.81. The molecule has 0 saturated heterocycles. The molecular formula is C19H22FN3O2. The van der Waals surface area contributed by atoms with Crippen molar-refractivity contribution in [2.75, 3.05) is 5.32 Å². The molecule has 0 unspecified atom stereocenters. The van der Waals surface area contributed by atoms with Crippen LogP contribution in [-0.4, -0.2) is 16.8 Å². The number of primary amides is 1. The molecule has 0 spiro atoms. The lowest BCUT2D eigenvalue weighted by atomic mass is 9.69. The highest BCUT2D eigenvalue weighted by Crippen LogP contribution is 2.40. The topological polar surface area (TPSA) is 88.0 Å². The zero-order valence-corrected chi connectivity index (χ0v) is 14.0. The fourth-order valence-electron chi connectivity index (χ4n) is 3.62. The third-order valence-electron chi connectivity index (χ3n) is 4.93. The van der Waals surface area contributed by atoms with Gasteiger partial charge in [0.2, 0.25) is 5.91 Å². The summed E-state index contributed by atoms with van der Waals surface area (Å²) in [5.41, 5.74) is 6.25. The molecule has 1 saturated carbocycles. The van der Waals surface area contributed by atoms with Crippen molar-refractivity contribution in [3.8, 4) is 0 Å². The van der Waals surface area contributed by atoms with Crippen molar-refractivity contribution < 1.29 is 14.0 Å². The average Bonchev–Trinajstić information content (AvgIpc) is 3.04. The molecule has 132 valence electrons. The summed E-state index contributed by atoms with van der Waals surface area (Å²) in [6.45, 7) is 0. The Bertz CT molecular complexity index is 778. The number of aromatic amines is 1. The maximum Gasteiger partial charge on any atom is 0.265 e. The van der Waals surface area contributed by atoms with Gasteiger partial charge >= 0.3 is 0 Å². The molecule has 0 aliphatic heterocycles. The molecule has 1 heterocycles. The van der Waals surface area contributed by atoms with Crippen molar-refractivity contribution >= 4 is 17.5 Å². The summed E-state index contributed by atoms with van der Waals surface area (Å²) < 4.78 is 13.5. The van der Waals surface area contributed by atoms with Crippen LogP contribution in [0.15, 0.2) is 36.5 Å². The van der Waals surface area contributed by atoms with Gasteiger partial charge in [0.1, 0.15) is 11.5 Å². The number of nitrogens with one attached hydrogen (secondary N) is 2. The standard InChI is InChI=1S/C19H22FN3O2/c20-14-6-4-5-13(9-14)11-19(7-2-1-3-8-19)18(25)23-15-10-16(17(21)24)22-12-15/h4-6,9-10,12,22H,1-3,7-8,11H2,(H2,21,24)(H,23,25). The number of anilines is 1. The van der Waals surface area contributed by atoms with Gasteiger partial charge in [-0.15, -0.1) is 0 Å². The van der Waals surface area contributed by atoms with E-state index in [4.69, 9.17) is 5.73 Å². The maximum absolute atomic E-state index is 13.5. The first-order valence-corrected chi connectivity index (χ1v) is 8.53. The minimum Gasteiger partial charge on any atom is -0.364 e. The van der Waals surface area contributed by atoms with Crippen LogP contribution >= 0.6 is 0 Å². The molecule has 2 amide bonds. The highest BCUT2D eigenvalue weighted by molar-refractivity contribution is 5.98. The van der Waals surface area contributed by atoms with Gasteiger partial charge < -0.3 is 16.0 Å². The molecule has 0 radical (unpaired) electrons. The van der Waals surface area contributed by atoms with E-state index in [1.807, 2.05) is 6.07 Å². The molecule has 6 heteroatoms. The highest BCUT2D eigenvalue weighted by atomic mass is 19.1. The minimum absolute atomic E-state index is 0.0912. The van der Waals surface area contributed by atoms with Crippen molar-refractivity contribution in [1.29, 1.82) is 0 Å². The zero-order chi connectivity index (χ0) is 17.9. The fraction of sp³-hybridized carbons (Fsp3) is 0.368. The van der Waals surface area contributed by atoms with Gasteiger partial charge in [-0.25, -0.2) is 4.39 Å². The van der Waals surface area contributed by atoms with Gasteiger partial charge in [-0.2, -0.15) is 0 Å². The number of halogens is 1. The summed E-state index contributed by atoms with van der Waals surface area (Å²) in [7, 11) is 0. The van der Waals surface area contributed by atoms with Crippen molar-refractivity contribution in [2.24, 2.45) is 11.1 Å². The smallest absolute Gasteiger partial charge is 0.265 e. The van der Waals surface area contributed by atoms with E-state index >= 15 is 0 Å². The highest BCUT2D eigenvalue weighted by Gasteiger charge is 2.39. The summed E-state index contributed by atoms with van der Waals surface area (Å²) in [4.78, 5) is 26.9. The molecule has 1 aromatic carbocycles. The summed E-state index contributed by atoms with van der Waals surface area (Å²) >= 11 is 0. The number of benzene rings is 1. The Morgan fingerprint density at radius 3 is 2.60 bits per heavy atom. The second kappa shape index (κ2) is 7.09. The Labute approximate surface area is 145 Å². The lowest BCUT2D eigenvalue weighted by Gasteiger charge is -2.36. The molecule has 5 nitrogen and oxygen atoms in total. The van der Waals surface area contributed by atoms with Crippen LogP contribution in [0.25, 0.3) is 0 Å². The number of rotatable bonds is 5. The first kappa shape index (κ1) is 17.2. The average molecular weight is 343 g/mol. The first-order chi connectivity index (χ1) is 12.0. The monoisotopic (exact) mass is 343 g/mol. The molecule has 2 aromatic rings. The van der Waals surface area contributed by atoms with Crippen molar-refractivity contribution in [3.63, 3.8) is 0 Å². The number of amides is 2. The van der Waals surface area contributed by atoms with Crippen LogP contribution < -0.4 is 11.1 Å². The summed E-state index contributed by atoms with van der Waals surface area (Å²) in [6, 6.07) is 7.95. The molecule has 0 atom stereocenters. The van der Waals surface area contributed by atoms with E-state index in [-0.39, 0.29) is 17.4 Å². The first-order valence-electron chi connectivity index (χ1n) is 8.53. The lowest BCUT2D eigenvalue weighted by Crippen LogP contribution is -2.40. The fourth-order valence-corrected chi connectivity index (χ4v) is 3.62. The van der Waals surface area contributed by atoms with E-state index in [2.05, 4.69) is 10.3 Å². The van der Waals surface area contributed by atoms with E-state index in [1.54, 1.807) is 12.3 Å². The van der Waals surface area contributed by atoms with E-state index < -0.39 is 11.3 Å². The third-order valence-corrected chi connectivity index (χ3v) is 4.93. The van der Waals surface area contributed by atoms with E-state index in [0.29, 0.717) is 12.1 Å². The number of carbonyl (C=O) groups is 2. The van der Waals surface area contributed by atoms with E-state index in [0.717, 1.165) is 37.7 Å². The molecule has 3 rings (SSSR count). The predicted molar refractivity (Wildman–Crippen MR) is 93.6 cm³/mol. The number of hydrogen-bond donors (Lipinski definition) is 3. The number of nitrogens with two attached hydrogens (primary N) is 1. The molecule has 25 heavy (non-hydrogen) atoms. The minimum atomic E-state index is -0.576. The van der Waals surface area contributed by atoms with Crippen LogP contribution in [0.4, 0.5) is 10.1 Å². The van der Waals surface area contributed by atoms with Crippen molar-refractivity contribution in [3.05, 3.63) is 53.6 Å². The van der Waals surface area contributed by atoms with E-state index in [1.165, 1.54) is 18.2 Å². The SMILES string of the molecule is NC(=O)c1cc(NC(=O)C2(Cc3cccc(F)c3)CCCCC2)c[nH]1. The van der Waals surface area contributed by atoms with Crippen LogP contribution in [0.3, 0.4) is 0 Å². The van der Waals surface area contributed by atoms with Gasteiger partial charge in [-0.1, -0.05) is 31.4 Å². The normalized spacial score (nSPS) is 16.4. The van der Waals surface area contributed by atoms with Gasteiger partial charge in [0.25, 0.3) is 5.91 Å². The van der Waals surface area contributed by atoms with Gasteiger partial charge in [0.15, 0.2) is 0 Å². The number of carbonyl (C=O) groups excluding carboxylic acids is 2. The van der Waals surface area contributed by atoms with Crippen molar-refractivity contribution in [2.45, 2.75) is 38.5 Å². The molecule has 1 fully saturated rings. The van der Waals surface area contributed by atoms with Crippen LogP contribution in [0, 0.1) is 11.2 Å². The Morgan fingerprint density at radius 2 is 1.96 bits per heavy atom. The lowest BCUT2D eigenvalue weighted by molar-refractivity contribution is -0.127. The predicted octanol–water partition coefficient (Wildman–Crippen LogP) is 3.38. The zero-order valence-electron chi connectivity index (χ0n) is 14.0. The van der Waals surface area contributed by atoms with Gasteiger partial charge in [0.05, 0.1) is 11.1 Å². The van der Waals surface area contributed by atoms with Crippen LogP contribution in [0.2, 0.25) is 0 Å². The molecular weight excluding hydrogens is 321 g/mol. The third kappa shape index (κ3) is 3.90. The molecule has 1 aliphatic carbocycles. The molecule has 4 N–H and O–H groups in total. The molecule has 0 bridgehead atoms. The van der Waals surface area contributed by atoms with Gasteiger partial charge in [-0.3, -0.25) is 9.59 Å². The molecule has 1 aromatic heterocycles. The number of aromatic nitrogens is 1. The van der Waals surface area contributed by atoms with Crippen LogP contribution in [0.5, 0.6) is 0 Å². The van der Waals surface area contributed by atoms with Crippen molar-refractivity contribution in [1.82, 2.24) is 4.98 Å². The maximum atomic E-state index is 13.5. The van der Waals surface area contributed by atoms with Crippen LogP contribution in [-0.2, 0) is 11.2 Å². The second-order valence-corrected chi connectivity index (χ2v) is 6.77. The summed E-state index contributed by atoms with van der Waals surface area (Å²) in [5, 5.41) is 2.89. The largest absolute Gasteiger partial charge is 0.364 e. The van der Waals surface area contributed by atoms with Gasteiger partial charge in [-0.05, 0) is 43.0 Å². The summed E-state index contributed by atoms with van der Waals surface area (Å²) in [6.07, 6.45) is 6.64. The van der Waals surface area contributed by atoms with E-state index in [9.17, 15) is 14.0 Å². The second-order valence-electron chi connectivity index (χ2n) is 6.77. The Morgan fingerprint density at radius 1 is 1.20 bits per heavy atom. The number of H-pyrrole nitrogens is 1. The summed E-state index contributed by atoms with van der Waals surface area (Å²) in [5.74, 6) is -0.959. The molecule has 1 aliphatic rings. The number of hydrogen-bond acceptors (Lipinski definition) is 2. The van der Waals surface area contributed by atoms with Gasteiger partial charge in [0, 0.05) is 6.20 Å². The quantitative estimate of drug-likeness (QED) is 0.777. The Kier molecular flexibility index (Phi) is 4.88. The van der Waals surface area contributed by atoms with Crippen LogP contribution in [0.1, 0.15) is 48.2 Å². The Hall–Kier alpha value is -2.63.